The largest absolute Gasteiger partial charge is 1.00 e. The van der Waals surface area contributed by atoms with E-state index in [0.717, 1.165) is 33.7 Å². The van der Waals surface area contributed by atoms with Gasteiger partial charge < -0.3 is 26.3 Å². The minimum atomic E-state index is -0.630. The zero-order chi connectivity index (χ0) is 28.7. The molecule has 0 bridgehead atoms. The van der Waals surface area contributed by atoms with Gasteiger partial charge in [0.15, 0.2) is 0 Å². The maximum Gasteiger partial charge on any atom is 1.00 e. The van der Waals surface area contributed by atoms with Gasteiger partial charge in [-0.25, -0.2) is 11.8 Å². The summed E-state index contributed by atoms with van der Waals surface area (Å²) in [6.45, 7) is 5.41. The van der Waals surface area contributed by atoms with Gasteiger partial charge in [0.05, 0.1) is 18.0 Å². The molecule has 0 heterocycles. The molecule has 41 heavy (non-hydrogen) atoms. The standard InChI is InChI=1S/C31H26N2O4S.C2H5.Li/c1-33(17-16-29(35)37-21-23-10-4-2-5-11-23)31(36)30(24-12-6-3-7-13-24)38-22-32-28-19-26-15-9-8-14-25(26)18-27(28)20-34;1-2;/h2-15,18-19,30H,16-17,21H2,1H3;1H2,2H3;/q-2;-1;+1. The van der Waals surface area contributed by atoms with Crippen LogP contribution in [0.4, 0.5) is 5.69 Å². The van der Waals surface area contributed by atoms with Crippen LogP contribution < -0.4 is 18.9 Å². The fourth-order valence-electron chi connectivity index (χ4n) is 3.80. The van der Waals surface area contributed by atoms with Crippen molar-refractivity contribution >= 4 is 51.9 Å². The molecule has 0 saturated heterocycles. The number of thioether (sulfide) groups is 1. The summed E-state index contributed by atoms with van der Waals surface area (Å²) in [5, 5.41) is 1.22. The second-order valence-corrected chi connectivity index (χ2v) is 9.48. The molecule has 0 fully saturated rings. The molecule has 0 saturated carbocycles. The van der Waals surface area contributed by atoms with Crippen LogP contribution in [-0.2, 0) is 25.7 Å². The first-order chi connectivity index (χ1) is 19.5. The number of nitrogens with zero attached hydrogens (tertiary/aromatic N) is 2. The van der Waals surface area contributed by atoms with Crippen LogP contribution in [0, 0.1) is 6.92 Å². The van der Waals surface area contributed by atoms with Gasteiger partial charge in [-0.1, -0.05) is 102 Å². The molecule has 0 radical (unpaired) electrons. The van der Waals surface area contributed by atoms with Crippen molar-refractivity contribution in [3.8, 4) is 0 Å². The molecule has 4 rings (SSSR count). The molecule has 8 heteroatoms. The normalized spacial score (nSPS) is 11.1. The molecule has 0 N–H and O–H groups in total. The summed E-state index contributed by atoms with van der Waals surface area (Å²) in [4.78, 5) is 43.0. The van der Waals surface area contributed by atoms with Crippen molar-refractivity contribution < 1.29 is 38.0 Å². The fourth-order valence-corrected chi connectivity index (χ4v) is 4.63. The van der Waals surface area contributed by atoms with Crippen molar-refractivity contribution in [1.82, 2.24) is 4.90 Å². The molecule has 0 aliphatic rings. The van der Waals surface area contributed by atoms with Crippen LogP contribution in [0.3, 0.4) is 0 Å². The van der Waals surface area contributed by atoms with Crippen molar-refractivity contribution in [1.29, 1.82) is 0 Å². The monoisotopic (exact) mass is 558 g/mol. The van der Waals surface area contributed by atoms with Gasteiger partial charge in [-0.3, -0.25) is 9.59 Å². The molecule has 6 nitrogen and oxygen atoms in total. The van der Waals surface area contributed by atoms with Crippen LogP contribution in [0.5, 0.6) is 0 Å². The quantitative estimate of drug-likeness (QED) is 0.0922. The summed E-state index contributed by atoms with van der Waals surface area (Å²) < 4.78 is 5.33. The first kappa shape index (κ1) is 33.6. The van der Waals surface area contributed by atoms with Gasteiger partial charge in [-0.2, -0.15) is 13.0 Å². The Hall–Kier alpha value is -3.63. The van der Waals surface area contributed by atoms with Gasteiger partial charge in [0.2, 0.25) is 5.91 Å². The predicted octanol–water partition coefficient (Wildman–Crippen LogP) is 3.75. The molecule has 1 amide bonds. The predicted molar refractivity (Wildman–Crippen MR) is 162 cm³/mol. The molecule has 1 atom stereocenters. The number of rotatable bonds is 11. The molecule has 206 valence electrons. The third-order valence-corrected chi connectivity index (χ3v) is 6.81. The molecule has 4 aromatic carbocycles. The molecule has 0 aliphatic heterocycles. The number of aliphatic imine (C=N–C) groups is 1. The smallest absolute Gasteiger partial charge is 0.461 e. The molecule has 4 aromatic rings. The molecule has 1 unspecified atom stereocenters. The Morgan fingerprint density at radius 2 is 1.51 bits per heavy atom. The van der Waals surface area contributed by atoms with E-state index in [0.29, 0.717) is 11.3 Å². The summed E-state index contributed by atoms with van der Waals surface area (Å²) in [7, 11) is 1.66. The number of benzene rings is 4. The van der Waals surface area contributed by atoms with Gasteiger partial charge in [-0.05, 0) is 16.5 Å². The maximum absolute atomic E-state index is 13.4. The van der Waals surface area contributed by atoms with Gasteiger partial charge in [0, 0.05) is 13.6 Å². The average Bonchev–Trinajstić information content (AvgIpc) is 3.02. The van der Waals surface area contributed by atoms with E-state index in [2.05, 4.69) is 17.5 Å². The number of carbonyl (C=O) groups is 2. The van der Waals surface area contributed by atoms with Gasteiger partial charge >= 0.3 is 24.8 Å². The second-order valence-electron chi connectivity index (χ2n) is 8.59. The van der Waals surface area contributed by atoms with E-state index in [-0.39, 0.29) is 50.3 Å². The van der Waals surface area contributed by atoms with Crippen LogP contribution in [0.1, 0.15) is 35.3 Å². The summed E-state index contributed by atoms with van der Waals surface area (Å²) in [6, 6.07) is 30.0. The van der Waals surface area contributed by atoms with Crippen molar-refractivity contribution in [2.24, 2.45) is 4.99 Å². The zero-order valence-electron chi connectivity index (χ0n) is 23.6. The molecule has 0 aliphatic carbocycles. The van der Waals surface area contributed by atoms with Gasteiger partial charge in [0.1, 0.15) is 6.61 Å². The summed E-state index contributed by atoms with van der Waals surface area (Å²) in [6.07, 6.45) is 2.01. The Bertz CT molecular complexity index is 1430. The molecule has 0 spiro atoms. The average molecular weight is 559 g/mol. The van der Waals surface area contributed by atoms with E-state index < -0.39 is 5.25 Å². The van der Waals surface area contributed by atoms with E-state index in [1.54, 1.807) is 26.1 Å². The third kappa shape index (κ3) is 10.1. The Balaban J connectivity index is 0.00000192. The first-order valence-electron chi connectivity index (χ1n) is 12.8. The number of ether oxygens (including phenoxy) is 1. The van der Waals surface area contributed by atoms with Crippen LogP contribution in [0.15, 0.2) is 102 Å². The van der Waals surface area contributed by atoms with Crippen LogP contribution >= 0.6 is 11.8 Å². The van der Waals surface area contributed by atoms with E-state index in [4.69, 9.17) is 4.74 Å². The molecule has 0 aromatic heterocycles. The van der Waals surface area contributed by atoms with Gasteiger partial charge in [-0.15, -0.1) is 11.1 Å². The number of likely N-dealkylation sites (N-methyl/N-ethyl adjacent to an activating group) is 1. The Morgan fingerprint density at radius 1 is 0.927 bits per heavy atom. The number of carbonyl (C=O) groups excluding carboxylic acids is 3. The minimum Gasteiger partial charge on any atom is -0.461 e. The number of esters is 1. The summed E-state index contributed by atoms with van der Waals surface area (Å²) in [5.41, 5.74) is 5.34. The van der Waals surface area contributed by atoms with Crippen LogP contribution in [0.2, 0.25) is 0 Å². The van der Waals surface area contributed by atoms with Crippen molar-refractivity contribution in [3.63, 3.8) is 0 Å². The van der Waals surface area contributed by atoms with E-state index in [1.165, 1.54) is 4.90 Å². The van der Waals surface area contributed by atoms with E-state index in [1.807, 2.05) is 91.2 Å². The number of amides is 1. The van der Waals surface area contributed by atoms with Crippen molar-refractivity contribution in [2.45, 2.75) is 25.2 Å². The van der Waals surface area contributed by atoms with Crippen LogP contribution in [0.25, 0.3) is 10.8 Å². The Morgan fingerprint density at radius 3 is 2.15 bits per heavy atom. The SMILES string of the molecule is CN(CCC(=O)OCc1ccccc1)C(=O)C(S[C-]=Nc1cc2ccccc2cc1[C-]=O)c1ccccc1.[CH2-]C.[Li+]. The third-order valence-electron chi connectivity index (χ3n) is 5.91. The number of fused-ring (bicyclic) bond motifs is 1. The van der Waals surface area contributed by atoms with Crippen molar-refractivity contribution in [2.75, 3.05) is 13.6 Å². The fraction of sp³-hybridized carbons (Fsp3) is 0.182. The summed E-state index contributed by atoms with van der Waals surface area (Å²) >= 11 is 1.12. The first-order valence-corrected chi connectivity index (χ1v) is 13.7. The number of hydrogen-bond donors (Lipinski definition) is 0. The topological polar surface area (TPSA) is 76.0 Å². The van der Waals surface area contributed by atoms with E-state index >= 15 is 0 Å². The molecular formula is C33H31LiN2O4S-2. The molecular weight excluding hydrogens is 527 g/mol. The maximum atomic E-state index is 13.4. The Labute approximate surface area is 258 Å². The summed E-state index contributed by atoms with van der Waals surface area (Å²) in [5.74, 6) is -0.570. The Kier molecular flexibility index (Phi) is 14.7. The van der Waals surface area contributed by atoms with E-state index in [9.17, 15) is 14.4 Å². The number of hydrogen-bond acceptors (Lipinski definition) is 6. The van der Waals surface area contributed by atoms with Crippen LogP contribution in [-0.4, -0.2) is 42.2 Å². The minimum absolute atomic E-state index is 0. The van der Waals surface area contributed by atoms with Crippen molar-refractivity contribution in [3.05, 3.63) is 121 Å². The second kappa shape index (κ2) is 17.9. The van der Waals surface area contributed by atoms with Gasteiger partial charge in [0.25, 0.3) is 0 Å². The zero-order valence-corrected chi connectivity index (χ0v) is 24.4.